The molecule has 0 aromatic heterocycles. The number of hydrogen-bond acceptors (Lipinski definition) is 4. The lowest BCUT2D eigenvalue weighted by atomic mass is 9.45. The molecule has 9 atom stereocenters. The van der Waals surface area contributed by atoms with Gasteiger partial charge in [-0.15, -0.1) is 0 Å². The Balaban J connectivity index is 1.70. The topological polar surface area (TPSA) is 77.8 Å². The number of fused-ring (bicyclic) bond motifs is 5. The van der Waals surface area contributed by atoms with Crippen LogP contribution in [0.4, 0.5) is 0 Å². The number of carbonyl (C=O) groups excluding carboxylic acids is 1. The van der Waals surface area contributed by atoms with Crippen LogP contribution < -0.4 is 0 Å². The van der Waals surface area contributed by atoms with Gasteiger partial charge in [-0.05, 0) is 67.6 Å². The van der Waals surface area contributed by atoms with Crippen LogP contribution in [0, 0.1) is 35.0 Å². The van der Waals surface area contributed by atoms with Crippen LogP contribution in [-0.4, -0.2) is 39.4 Å². The first-order chi connectivity index (χ1) is 10.4. The first-order valence-corrected chi connectivity index (χ1v) is 9.00. The van der Waals surface area contributed by atoms with Gasteiger partial charge in [0, 0.05) is 12.3 Å². The number of ketones is 1. The van der Waals surface area contributed by atoms with Gasteiger partial charge < -0.3 is 15.3 Å². The van der Waals surface area contributed by atoms with Crippen LogP contribution in [0.3, 0.4) is 0 Å². The van der Waals surface area contributed by atoms with Gasteiger partial charge in [-0.2, -0.15) is 0 Å². The zero-order valence-corrected chi connectivity index (χ0v) is 13.3. The first-order valence-electron chi connectivity index (χ1n) is 9.00. The van der Waals surface area contributed by atoms with Gasteiger partial charge in [-0.25, -0.2) is 0 Å². The molecule has 4 nitrogen and oxygen atoms in total. The molecule has 124 valence electrons. The van der Waals surface area contributed by atoms with Gasteiger partial charge in [-0.1, -0.05) is 6.92 Å². The number of carbonyl (C=O) groups is 1. The van der Waals surface area contributed by atoms with Crippen molar-refractivity contribution in [3.05, 3.63) is 0 Å². The van der Waals surface area contributed by atoms with Crippen molar-refractivity contribution in [1.82, 2.24) is 0 Å². The highest BCUT2D eigenvalue weighted by molar-refractivity contribution is 5.83. The van der Waals surface area contributed by atoms with E-state index in [-0.39, 0.29) is 35.2 Å². The van der Waals surface area contributed by atoms with Crippen LogP contribution in [0.5, 0.6) is 0 Å². The van der Waals surface area contributed by atoms with Crippen molar-refractivity contribution in [2.75, 3.05) is 0 Å². The largest absolute Gasteiger partial charge is 0.393 e. The summed E-state index contributed by atoms with van der Waals surface area (Å²) in [6, 6.07) is 0. The van der Waals surface area contributed by atoms with Gasteiger partial charge in [0.05, 0.1) is 18.3 Å². The molecule has 0 bridgehead atoms. The molecule has 0 aromatic rings. The summed E-state index contributed by atoms with van der Waals surface area (Å²) in [4.78, 5) is 12.1. The smallest absolute Gasteiger partial charge is 0.136 e. The molecule has 4 rings (SSSR count). The standard InChI is InChI=1S/C18H28O4/c1-18-7-6-9(19)8-13(18)16(21)17(22)15-11-3-5-14(20)10(11)2-4-12(15)18/h9-13,15-17,19,21-22H,2-8H2,1H3/t9-,10?,11?,12?,13?,15?,16+,17?,18+/m0/s1. The zero-order valence-electron chi connectivity index (χ0n) is 13.3. The number of aliphatic hydroxyl groups is 3. The zero-order chi connectivity index (χ0) is 15.6. The van der Waals surface area contributed by atoms with E-state index in [1.807, 2.05) is 0 Å². The second-order valence-corrected chi connectivity index (χ2v) is 8.56. The molecule has 0 radical (unpaired) electrons. The summed E-state index contributed by atoms with van der Waals surface area (Å²) >= 11 is 0. The van der Waals surface area contributed by atoms with E-state index in [0.29, 0.717) is 24.5 Å². The van der Waals surface area contributed by atoms with Crippen molar-refractivity contribution >= 4 is 5.78 Å². The van der Waals surface area contributed by atoms with E-state index < -0.39 is 12.2 Å². The van der Waals surface area contributed by atoms with Gasteiger partial charge in [0.2, 0.25) is 0 Å². The van der Waals surface area contributed by atoms with Gasteiger partial charge in [0.1, 0.15) is 5.78 Å². The Labute approximate surface area is 131 Å². The SMILES string of the molecule is C[C@]12CC[C@H](O)CC1[C@@H](O)C(O)C1C3CCC(=O)C3CCC12. The van der Waals surface area contributed by atoms with Crippen LogP contribution in [-0.2, 0) is 4.79 Å². The Hall–Kier alpha value is -0.450. The van der Waals surface area contributed by atoms with E-state index in [1.54, 1.807) is 0 Å². The average molecular weight is 308 g/mol. The van der Waals surface area contributed by atoms with E-state index in [4.69, 9.17) is 0 Å². The minimum atomic E-state index is -0.754. The third kappa shape index (κ3) is 1.90. The maximum atomic E-state index is 12.1. The molecule has 4 aliphatic carbocycles. The Bertz CT molecular complexity index is 478. The van der Waals surface area contributed by atoms with Crippen molar-refractivity contribution in [2.24, 2.45) is 35.0 Å². The summed E-state index contributed by atoms with van der Waals surface area (Å²) in [7, 11) is 0. The van der Waals surface area contributed by atoms with E-state index in [2.05, 4.69) is 6.92 Å². The minimum absolute atomic E-state index is 0.000842. The maximum Gasteiger partial charge on any atom is 0.136 e. The summed E-state index contributed by atoms with van der Waals surface area (Å²) in [6.07, 6.45) is 3.98. The summed E-state index contributed by atoms with van der Waals surface area (Å²) in [5.41, 5.74) is -0.000842. The molecule has 3 N–H and O–H groups in total. The Morgan fingerprint density at radius 1 is 1.00 bits per heavy atom. The molecule has 0 heterocycles. The lowest BCUT2D eigenvalue weighted by molar-refractivity contribution is -0.211. The molecule has 0 saturated heterocycles. The van der Waals surface area contributed by atoms with Crippen LogP contribution in [0.25, 0.3) is 0 Å². The van der Waals surface area contributed by atoms with Crippen molar-refractivity contribution < 1.29 is 20.1 Å². The van der Waals surface area contributed by atoms with E-state index >= 15 is 0 Å². The third-order valence-electron chi connectivity index (χ3n) is 7.80. The van der Waals surface area contributed by atoms with Crippen LogP contribution >= 0.6 is 0 Å². The molecule has 0 amide bonds. The number of Topliss-reactive ketones (excluding diaryl/α,β-unsaturated/α-hetero) is 1. The maximum absolute atomic E-state index is 12.1. The van der Waals surface area contributed by atoms with Crippen molar-refractivity contribution in [1.29, 1.82) is 0 Å². The Morgan fingerprint density at radius 2 is 1.77 bits per heavy atom. The van der Waals surface area contributed by atoms with Gasteiger partial charge in [0.25, 0.3) is 0 Å². The highest BCUT2D eigenvalue weighted by Crippen LogP contribution is 2.62. The van der Waals surface area contributed by atoms with E-state index in [1.165, 1.54) is 0 Å². The molecule has 6 unspecified atom stereocenters. The van der Waals surface area contributed by atoms with Crippen molar-refractivity contribution in [3.8, 4) is 0 Å². The number of rotatable bonds is 0. The third-order valence-corrected chi connectivity index (χ3v) is 7.80. The first kappa shape index (κ1) is 15.1. The molecule has 4 heteroatoms. The lowest BCUT2D eigenvalue weighted by Gasteiger charge is -2.61. The van der Waals surface area contributed by atoms with Gasteiger partial charge in [-0.3, -0.25) is 4.79 Å². The Kier molecular flexibility index (Phi) is 3.45. The fourth-order valence-electron chi connectivity index (χ4n) is 6.68. The molecule has 0 spiro atoms. The van der Waals surface area contributed by atoms with Crippen LogP contribution in [0.1, 0.15) is 51.9 Å². The lowest BCUT2D eigenvalue weighted by Crippen LogP contribution is -2.63. The summed E-state index contributed by atoms with van der Waals surface area (Å²) in [5, 5.41) is 31.5. The van der Waals surface area contributed by atoms with Crippen LogP contribution in [0.15, 0.2) is 0 Å². The quantitative estimate of drug-likeness (QED) is 0.634. The fraction of sp³-hybridized carbons (Fsp3) is 0.944. The molecule has 0 aliphatic heterocycles. The molecule has 0 aromatic carbocycles. The summed E-state index contributed by atoms with van der Waals surface area (Å²) in [5.74, 6) is 1.20. The molecule has 4 saturated carbocycles. The highest BCUT2D eigenvalue weighted by Gasteiger charge is 2.62. The molecular weight excluding hydrogens is 280 g/mol. The second kappa shape index (κ2) is 5.02. The number of hydrogen-bond donors (Lipinski definition) is 3. The van der Waals surface area contributed by atoms with Gasteiger partial charge in [0.15, 0.2) is 0 Å². The van der Waals surface area contributed by atoms with E-state index in [0.717, 1.165) is 32.1 Å². The van der Waals surface area contributed by atoms with Crippen LogP contribution in [0.2, 0.25) is 0 Å². The predicted octanol–water partition coefficient (Wildman–Crippen LogP) is 1.51. The van der Waals surface area contributed by atoms with Gasteiger partial charge >= 0.3 is 0 Å². The van der Waals surface area contributed by atoms with Crippen molar-refractivity contribution in [2.45, 2.75) is 70.2 Å². The fourth-order valence-corrected chi connectivity index (χ4v) is 6.68. The molecule has 4 fully saturated rings. The average Bonchev–Trinajstić information content (AvgIpc) is 2.88. The molecule has 22 heavy (non-hydrogen) atoms. The predicted molar refractivity (Wildman–Crippen MR) is 80.9 cm³/mol. The van der Waals surface area contributed by atoms with Crippen molar-refractivity contribution in [3.63, 3.8) is 0 Å². The highest BCUT2D eigenvalue weighted by atomic mass is 16.3. The molecular formula is C18H28O4. The Morgan fingerprint density at radius 3 is 2.55 bits per heavy atom. The molecule has 4 aliphatic rings. The number of aliphatic hydroxyl groups excluding tert-OH is 3. The summed E-state index contributed by atoms with van der Waals surface area (Å²) < 4.78 is 0. The summed E-state index contributed by atoms with van der Waals surface area (Å²) in [6.45, 7) is 2.26. The second-order valence-electron chi connectivity index (χ2n) is 8.56. The normalized spacial score (nSPS) is 57.9. The minimum Gasteiger partial charge on any atom is -0.393 e. The van der Waals surface area contributed by atoms with E-state index in [9.17, 15) is 20.1 Å². The monoisotopic (exact) mass is 308 g/mol.